The van der Waals surface area contributed by atoms with E-state index in [1.807, 2.05) is 30.3 Å². The molecule has 2 nitrogen and oxygen atoms in total. The van der Waals surface area contributed by atoms with Crippen LogP contribution in [0, 0.1) is 0 Å². The van der Waals surface area contributed by atoms with Gasteiger partial charge in [0.25, 0.3) is 0 Å². The number of methoxy groups -OCH3 is 1. The van der Waals surface area contributed by atoms with Gasteiger partial charge in [-0.25, -0.2) is 0 Å². The molecule has 0 bridgehead atoms. The average molecular weight is 299 g/mol. The molecular formula is C12H11BrO2S. The van der Waals surface area contributed by atoms with E-state index < -0.39 is 0 Å². The molecule has 0 aliphatic carbocycles. The van der Waals surface area contributed by atoms with E-state index in [9.17, 15) is 0 Å². The van der Waals surface area contributed by atoms with Gasteiger partial charge in [0, 0.05) is 4.88 Å². The fourth-order valence-corrected chi connectivity index (χ4v) is 2.65. The Balaban J connectivity index is 1.94. The van der Waals surface area contributed by atoms with E-state index >= 15 is 0 Å². The Morgan fingerprint density at radius 1 is 1.06 bits per heavy atom. The Bertz CT molecular complexity index is 450. The van der Waals surface area contributed by atoms with Crippen LogP contribution < -0.4 is 9.47 Å². The smallest absolute Gasteiger partial charge is 0.122 e. The summed E-state index contributed by atoms with van der Waals surface area (Å²) in [5.41, 5.74) is 0. The molecule has 2 rings (SSSR count). The van der Waals surface area contributed by atoms with Gasteiger partial charge in [-0.05, 0) is 52.3 Å². The molecule has 0 N–H and O–H groups in total. The number of ether oxygens (including phenoxy) is 2. The van der Waals surface area contributed by atoms with E-state index in [-0.39, 0.29) is 0 Å². The lowest BCUT2D eigenvalue weighted by molar-refractivity contribution is 0.309. The van der Waals surface area contributed by atoms with Crippen LogP contribution in [0.2, 0.25) is 0 Å². The van der Waals surface area contributed by atoms with Crippen LogP contribution in [0.1, 0.15) is 4.88 Å². The van der Waals surface area contributed by atoms with Gasteiger partial charge in [0.15, 0.2) is 0 Å². The summed E-state index contributed by atoms with van der Waals surface area (Å²) < 4.78 is 11.8. The molecule has 0 radical (unpaired) electrons. The largest absolute Gasteiger partial charge is 0.497 e. The van der Waals surface area contributed by atoms with E-state index in [2.05, 4.69) is 22.0 Å². The van der Waals surface area contributed by atoms with Gasteiger partial charge in [-0.3, -0.25) is 0 Å². The van der Waals surface area contributed by atoms with Crippen molar-refractivity contribution in [3.63, 3.8) is 0 Å². The monoisotopic (exact) mass is 298 g/mol. The van der Waals surface area contributed by atoms with Crippen LogP contribution in [-0.2, 0) is 6.61 Å². The first-order chi connectivity index (χ1) is 7.78. The van der Waals surface area contributed by atoms with E-state index in [1.165, 1.54) is 4.88 Å². The zero-order valence-electron chi connectivity index (χ0n) is 8.77. The third-order valence-electron chi connectivity index (χ3n) is 2.07. The van der Waals surface area contributed by atoms with Gasteiger partial charge in [-0.2, -0.15) is 0 Å². The highest BCUT2D eigenvalue weighted by Gasteiger charge is 1.99. The highest BCUT2D eigenvalue weighted by Crippen LogP contribution is 2.24. The van der Waals surface area contributed by atoms with Crippen LogP contribution in [0.5, 0.6) is 11.5 Å². The van der Waals surface area contributed by atoms with E-state index in [0.29, 0.717) is 6.61 Å². The first-order valence-electron chi connectivity index (χ1n) is 4.79. The molecule has 1 heterocycles. The summed E-state index contributed by atoms with van der Waals surface area (Å²) in [5, 5.41) is 0. The summed E-state index contributed by atoms with van der Waals surface area (Å²) >= 11 is 5.11. The summed E-state index contributed by atoms with van der Waals surface area (Å²) in [7, 11) is 1.65. The topological polar surface area (TPSA) is 18.5 Å². The van der Waals surface area contributed by atoms with Crippen LogP contribution in [0.3, 0.4) is 0 Å². The van der Waals surface area contributed by atoms with E-state index in [0.717, 1.165) is 15.3 Å². The first-order valence-corrected chi connectivity index (χ1v) is 6.40. The zero-order chi connectivity index (χ0) is 11.4. The molecule has 0 atom stereocenters. The predicted octanol–water partition coefficient (Wildman–Crippen LogP) is 4.10. The SMILES string of the molecule is COc1ccc(OCc2ccc(Br)s2)cc1. The molecule has 2 aromatic rings. The third kappa shape index (κ3) is 3.00. The van der Waals surface area contributed by atoms with Crippen molar-refractivity contribution in [2.75, 3.05) is 7.11 Å². The average Bonchev–Trinajstić information content (AvgIpc) is 2.73. The van der Waals surface area contributed by atoms with Gasteiger partial charge in [0.1, 0.15) is 18.1 Å². The number of thiophene rings is 1. The second-order valence-corrected chi connectivity index (χ2v) is 5.72. The Morgan fingerprint density at radius 3 is 2.31 bits per heavy atom. The van der Waals surface area contributed by atoms with Gasteiger partial charge in [0.2, 0.25) is 0 Å². The van der Waals surface area contributed by atoms with Gasteiger partial charge in [-0.1, -0.05) is 0 Å². The Kier molecular flexibility index (Phi) is 3.85. The molecule has 0 unspecified atom stereocenters. The molecular weight excluding hydrogens is 288 g/mol. The number of hydrogen-bond acceptors (Lipinski definition) is 3. The lowest BCUT2D eigenvalue weighted by atomic mass is 10.3. The highest BCUT2D eigenvalue weighted by molar-refractivity contribution is 9.11. The van der Waals surface area contributed by atoms with Crippen molar-refractivity contribution >= 4 is 27.3 Å². The lowest BCUT2D eigenvalue weighted by Crippen LogP contribution is -1.92. The summed E-state index contributed by atoms with van der Waals surface area (Å²) in [6, 6.07) is 11.7. The molecule has 4 heteroatoms. The predicted molar refractivity (Wildman–Crippen MR) is 69.3 cm³/mol. The molecule has 1 aromatic carbocycles. The fraction of sp³-hybridized carbons (Fsp3) is 0.167. The maximum absolute atomic E-state index is 5.64. The molecule has 0 amide bonds. The van der Waals surface area contributed by atoms with Crippen molar-refractivity contribution in [1.29, 1.82) is 0 Å². The maximum Gasteiger partial charge on any atom is 0.122 e. The molecule has 0 fully saturated rings. The number of halogens is 1. The Hall–Kier alpha value is -1.00. The second kappa shape index (κ2) is 5.37. The minimum Gasteiger partial charge on any atom is -0.497 e. The minimum atomic E-state index is 0.600. The highest BCUT2D eigenvalue weighted by atomic mass is 79.9. The summed E-state index contributed by atoms with van der Waals surface area (Å²) in [4.78, 5) is 1.20. The lowest BCUT2D eigenvalue weighted by Gasteiger charge is -2.05. The van der Waals surface area contributed by atoms with Crippen LogP contribution in [-0.4, -0.2) is 7.11 Å². The molecule has 1 aromatic heterocycles. The summed E-state index contributed by atoms with van der Waals surface area (Å²) in [6.45, 7) is 0.600. The maximum atomic E-state index is 5.64. The van der Waals surface area contributed by atoms with Gasteiger partial charge in [-0.15, -0.1) is 11.3 Å². The molecule has 0 aliphatic rings. The molecule has 0 saturated heterocycles. The van der Waals surface area contributed by atoms with Crippen molar-refractivity contribution in [2.24, 2.45) is 0 Å². The zero-order valence-corrected chi connectivity index (χ0v) is 11.2. The minimum absolute atomic E-state index is 0.600. The van der Waals surface area contributed by atoms with Crippen LogP contribution in [0.25, 0.3) is 0 Å². The summed E-state index contributed by atoms with van der Waals surface area (Å²) in [6.07, 6.45) is 0. The normalized spacial score (nSPS) is 10.1. The Morgan fingerprint density at radius 2 is 1.75 bits per heavy atom. The van der Waals surface area contributed by atoms with Gasteiger partial charge < -0.3 is 9.47 Å². The molecule has 16 heavy (non-hydrogen) atoms. The van der Waals surface area contributed by atoms with Crippen molar-refractivity contribution < 1.29 is 9.47 Å². The van der Waals surface area contributed by atoms with Gasteiger partial charge >= 0.3 is 0 Å². The van der Waals surface area contributed by atoms with E-state index in [1.54, 1.807) is 18.4 Å². The van der Waals surface area contributed by atoms with Crippen molar-refractivity contribution in [2.45, 2.75) is 6.61 Å². The number of hydrogen-bond donors (Lipinski definition) is 0. The standard InChI is InChI=1S/C12H11BrO2S/c1-14-9-2-4-10(5-3-9)15-8-11-6-7-12(13)16-11/h2-7H,8H2,1H3. The number of rotatable bonds is 4. The second-order valence-electron chi connectivity index (χ2n) is 3.17. The van der Waals surface area contributed by atoms with Gasteiger partial charge in [0.05, 0.1) is 10.9 Å². The van der Waals surface area contributed by atoms with Crippen molar-refractivity contribution in [3.8, 4) is 11.5 Å². The molecule has 0 spiro atoms. The van der Waals surface area contributed by atoms with Crippen molar-refractivity contribution in [1.82, 2.24) is 0 Å². The Labute approximate surface area is 107 Å². The molecule has 84 valence electrons. The fourth-order valence-electron chi connectivity index (χ4n) is 1.26. The third-order valence-corrected chi connectivity index (χ3v) is 3.67. The van der Waals surface area contributed by atoms with Crippen LogP contribution in [0.15, 0.2) is 40.2 Å². The van der Waals surface area contributed by atoms with Crippen LogP contribution in [0.4, 0.5) is 0 Å². The van der Waals surface area contributed by atoms with E-state index in [4.69, 9.17) is 9.47 Å². The molecule has 0 aliphatic heterocycles. The quantitative estimate of drug-likeness (QED) is 0.846. The van der Waals surface area contributed by atoms with Crippen LogP contribution >= 0.6 is 27.3 Å². The number of benzene rings is 1. The summed E-state index contributed by atoms with van der Waals surface area (Å²) in [5.74, 6) is 1.69. The van der Waals surface area contributed by atoms with Crippen molar-refractivity contribution in [3.05, 3.63) is 45.1 Å². The molecule has 0 saturated carbocycles. The first kappa shape index (κ1) is 11.5.